The minimum Gasteiger partial charge on any atom is -0.453 e. The van der Waals surface area contributed by atoms with Crippen molar-refractivity contribution >= 4 is 22.4 Å². The fraction of sp³-hybridized carbons (Fsp3) is 0.118. The molecule has 0 atom stereocenters. The molecule has 0 unspecified atom stereocenters. The molecule has 0 amide bonds. The molecule has 0 aliphatic carbocycles. The van der Waals surface area contributed by atoms with Gasteiger partial charge in [0.05, 0.1) is 0 Å². The van der Waals surface area contributed by atoms with E-state index in [2.05, 4.69) is 0 Å². The van der Waals surface area contributed by atoms with E-state index in [1.54, 1.807) is 12.1 Å². The highest BCUT2D eigenvalue weighted by Crippen LogP contribution is 2.22. The summed E-state index contributed by atoms with van der Waals surface area (Å²) in [5.41, 5.74) is 7.90. The zero-order valence-corrected chi connectivity index (χ0v) is 11.3. The molecule has 21 heavy (non-hydrogen) atoms. The monoisotopic (exact) mass is 283 g/mol. The van der Waals surface area contributed by atoms with Crippen LogP contribution in [-0.2, 0) is 6.42 Å². The zero-order chi connectivity index (χ0) is 14.8. The van der Waals surface area contributed by atoms with Crippen LogP contribution in [0.1, 0.15) is 22.5 Å². The summed E-state index contributed by atoms with van der Waals surface area (Å²) in [5, 5.41) is 0.599. The van der Waals surface area contributed by atoms with Crippen molar-refractivity contribution in [3.05, 3.63) is 65.7 Å². The number of halogens is 1. The van der Waals surface area contributed by atoms with E-state index in [9.17, 15) is 9.18 Å². The van der Waals surface area contributed by atoms with Gasteiger partial charge in [-0.25, -0.2) is 4.39 Å². The van der Waals surface area contributed by atoms with E-state index in [4.69, 9.17) is 10.2 Å². The first-order valence-electron chi connectivity index (χ1n) is 6.68. The quantitative estimate of drug-likeness (QED) is 0.582. The van der Waals surface area contributed by atoms with Crippen LogP contribution in [0.25, 0.3) is 11.0 Å². The SMILES string of the molecule is Nc1cccc(CCC(=O)c2cc3cc(F)ccc3o2)c1. The molecule has 2 N–H and O–H groups in total. The van der Waals surface area contributed by atoms with E-state index < -0.39 is 0 Å². The second kappa shape index (κ2) is 5.40. The van der Waals surface area contributed by atoms with Gasteiger partial charge in [-0.15, -0.1) is 0 Å². The number of fused-ring (bicyclic) bond motifs is 1. The number of hydrogen-bond acceptors (Lipinski definition) is 3. The van der Waals surface area contributed by atoms with Gasteiger partial charge in [0.2, 0.25) is 0 Å². The van der Waals surface area contributed by atoms with Crippen LogP contribution in [0.4, 0.5) is 10.1 Å². The summed E-state index contributed by atoms with van der Waals surface area (Å²) >= 11 is 0. The third-order valence-corrected chi connectivity index (χ3v) is 3.34. The molecule has 3 aromatic rings. The standard InChI is InChI=1S/C17H14FNO2/c18-13-5-7-16-12(9-13)10-17(21-16)15(20)6-4-11-2-1-3-14(19)8-11/h1-3,5,7-10H,4,6,19H2. The topological polar surface area (TPSA) is 56.2 Å². The molecule has 0 bridgehead atoms. The van der Waals surface area contributed by atoms with Gasteiger partial charge in [0.1, 0.15) is 11.4 Å². The first-order valence-corrected chi connectivity index (χ1v) is 6.68. The summed E-state index contributed by atoms with van der Waals surface area (Å²) in [6, 6.07) is 13.2. The van der Waals surface area contributed by atoms with Gasteiger partial charge < -0.3 is 10.2 Å². The van der Waals surface area contributed by atoms with Crippen LogP contribution in [0.2, 0.25) is 0 Å². The molecule has 1 heterocycles. The maximum Gasteiger partial charge on any atom is 0.198 e. The fourth-order valence-corrected chi connectivity index (χ4v) is 2.28. The van der Waals surface area contributed by atoms with Crippen molar-refractivity contribution in [3.63, 3.8) is 0 Å². The fourth-order valence-electron chi connectivity index (χ4n) is 2.28. The van der Waals surface area contributed by atoms with Crippen molar-refractivity contribution in [2.24, 2.45) is 0 Å². The lowest BCUT2D eigenvalue weighted by molar-refractivity contribution is 0.0958. The molecular formula is C17H14FNO2. The second-order valence-electron chi connectivity index (χ2n) is 4.96. The maximum absolute atomic E-state index is 13.1. The molecule has 3 rings (SSSR count). The Morgan fingerprint density at radius 1 is 1.14 bits per heavy atom. The third-order valence-electron chi connectivity index (χ3n) is 3.34. The Kier molecular flexibility index (Phi) is 3.44. The number of hydrogen-bond donors (Lipinski definition) is 1. The maximum atomic E-state index is 13.1. The van der Waals surface area contributed by atoms with Crippen LogP contribution >= 0.6 is 0 Å². The second-order valence-corrected chi connectivity index (χ2v) is 4.96. The Labute approximate surface area is 121 Å². The largest absolute Gasteiger partial charge is 0.453 e. The molecular weight excluding hydrogens is 269 g/mol. The number of carbonyl (C=O) groups is 1. The number of nitrogen functional groups attached to an aromatic ring is 1. The lowest BCUT2D eigenvalue weighted by Crippen LogP contribution is -2.00. The smallest absolute Gasteiger partial charge is 0.198 e. The Bertz CT molecular complexity index is 807. The van der Waals surface area contributed by atoms with Gasteiger partial charge in [-0.05, 0) is 48.4 Å². The van der Waals surface area contributed by atoms with E-state index in [1.165, 1.54) is 18.2 Å². The minimum atomic E-state index is -0.345. The number of nitrogens with two attached hydrogens (primary N) is 1. The molecule has 4 heteroatoms. The summed E-state index contributed by atoms with van der Waals surface area (Å²) in [6.45, 7) is 0. The van der Waals surface area contributed by atoms with Crippen molar-refractivity contribution in [3.8, 4) is 0 Å². The first kappa shape index (κ1) is 13.4. The van der Waals surface area contributed by atoms with Gasteiger partial charge in [-0.1, -0.05) is 12.1 Å². The normalized spacial score (nSPS) is 10.9. The summed E-state index contributed by atoms with van der Waals surface area (Å²) < 4.78 is 18.6. The van der Waals surface area contributed by atoms with Gasteiger partial charge in [0, 0.05) is 17.5 Å². The van der Waals surface area contributed by atoms with Gasteiger partial charge in [-0.3, -0.25) is 4.79 Å². The van der Waals surface area contributed by atoms with Crippen LogP contribution in [0.3, 0.4) is 0 Å². The average molecular weight is 283 g/mol. The van der Waals surface area contributed by atoms with Crippen LogP contribution in [-0.4, -0.2) is 5.78 Å². The number of furan rings is 1. The minimum absolute atomic E-state index is 0.103. The Balaban J connectivity index is 1.74. The number of carbonyl (C=O) groups excluding carboxylic acids is 1. The summed E-state index contributed by atoms with van der Waals surface area (Å²) in [4.78, 5) is 12.1. The van der Waals surface area contributed by atoms with Crippen LogP contribution in [0.15, 0.2) is 52.9 Å². The molecule has 0 saturated heterocycles. The highest BCUT2D eigenvalue weighted by atomic mass is 19.1. The Hall–Kier alpha value is -2.62. The number of rotatable bonds is 4. The van der Waals surface area contributed by atoms with E-state index in [1.807, 2.05) is 18.2 Å². The van der Waals surface area contributed by atoms with Crippen LogP contribution < -0.4 is 5.73 Å². The molecule has 1 aromatic heterocycles. The highest BCUT2D eigenvalue weighted by Gasteiger charge is 2.12. The molecule has 3 nitrogen and oxygen atoms in total. The molecule has 0 radical (unpaired) electrons. The van der Waals surface area contributed by atoms with Crippen LogP contribution in [0, 0.1) is 5.82 Å². The third kappa shape index (κ3) is 2.94. The van der Waals surface area contributed by atoms with Gasteiger partial charge in [0.15, 0.2) is 11.5 Å². The van der Waals surface area contributed by atoms with Gasteiger partial charge in [0.25, 0.3) is 0 Å². The summed E-state index contributed by atoms with van der Waals surface area (Å²) in [5.74, 6) is -0.185. The van der Waals surface area contributed by atoms with Crippen molar-refractivity contribution in [2.75, 3.05) is 5.73 Å². The van der Waals surface area contributed by atoms with Crippen molar-refractivity contribution < 1.29 is 13.6 Å². The number of Topliss-reactive ketones (excluding diaryl/α,β-unsaturated/α-hetero) is 1. The highest BCUT2D eigenvalue weighted by molar-refractivity contribution is 5.97. The summed E-state index contributed by atoms with van der Waals surface area (Å²) in [6.07, 6.45) is 0.918. The lowest BCUT2D eigenvalue weighted by atomic mass is 10.1. The van der Waals surface area contributed by atoms with Crippen LogP contribution in [0.5, 0.6) is 0 Å². The van der Waals surface area contributed by atoms with E-state index in [0.29, 0.717) is 29.5 Å². The summed E-state index contributed by atoms with van der Waals surface area (Å²) in [7, 11) is 0. The molecule has 0 aliphatic rings. The van der Waals surface area contributed by atoms with E-state index in [0.717, 1.165) is 5.56 Å². The first-order chi connectivity index (χ1) is 10.1. The number of aryl methyl sites for hydroxylation is 1. The number of benzene rings is 2. The average Bonchev–Trinajstić information content (AvgIpc) is 2.88. The predicted octanol–water partition coefficient (Wildman–Crippen LogP) is 3.97. The van der Waals surface area contributed by atoms with Crippen molar-refractivity contribution in [1.29, 1.82) is 0 Å². The predicted molar refractivity (Wildman–Crippen MR) is 79.7 cm³/mol. The number of ketones is 1. The number of anilines is 1. The Morgan fingerprint density at radius 3 is 2.81 bits per heavy atom. The van der Waals surface area contributed by atoms with Crippen molar-refractivity contribution in [1.82, 2.24) is 0 Å². The molecule has 106 valence electrons. The molecule has 0 aliphatic heterocycles. The Morgan fingerprint density at radius 2 is 2.00 bits per heavy atom. The molecule has 0 saturated carbocycles. The van der Waals surface area contributed by atoms with Gasteiger partial charge >= 0.3 is 0 Å². The molecule has 2 aromatic carbocycles. The van der Waals surface area contributed by atoms with Gasteiger partial charge in [-0.2, -0.15) is 0 Å². The van der Waals surface area contributed by atoms with E-state index in [-0.39, 0.29) is 17.4 Å². The molecule has 0 fully saturated rings. The van der Waals surface area contributed by atoms with Crippen molar-refractivity contribution in [2.45, 2.75) is 12.8 Å². The molecule has 0 spiro atoms. The van der Waals surface area contributed by atoms with E-state index >= 15 is 0 Å². The lowest BCUT2D eigenvalue weighted by Gasteiger charge is -2.01. The zero-order valence-electron chi connectivity index (χ0n) is 11.3.